The van der Waals surface area contributed by atoms with E-state index in [1.165, 1.54) is 20.0 Å². The molecule has 0 saturated heterocycles. The van der Waals surface area contributed by atoms with E-state index in [1.54, 1.807) is 17.6 Å². The number of hydrogen-bond acceptors (Lipinski definition) is 4. The lowest BCUT2D eigenvalue weighted by molar-refractivity contribution is -0.216. The number of alkyl halides is 1. The molecule has 0 spiro atoms. The molecule has 0 amide bonds. The summed E-state index contributed by atoms with van der Waals surface area (Å²) in [6.45, 7) is 3.85. The molecule has 1 aliphatic heterocycles. The Bertz CT molecular complexity index is 350. The molecule has 104 valence electrons. The summed E-state index contributed by atoms with van der Waals surface area (Å²) in [5.74, 6) is 1.66. The highest BCUT2D eigenvalue weighted by atomic mass is 35.5. The van der Waals surface area contributed by atoms with E-state index < -0.39 is 13.5 Å². The van der Waals surface area contributed by atoms with Gasteiger partial charge in [0, 0.05) is 10.6 Å². The van der Waals surface area contributed by atoms with Gasteiger partial charge in [0.2, 0.25) is 0 Å². The SMILES string of the molecule is CO[P+]1([O-])C=C(S[C@H]2CCCC[C@@H]2Cl)C(C)(C)O1. The number of halogens is 1. The van der Waals surface area contributed by atoms with Crippen LogP contribution in [0, 0.1) is 0 Å². The van der Waals surface area contributed by atoms with Crippen LogP contribution in [-0.2, 0) is 9.05 Å². The van der Waals surface area contributed by atoms with Crippen molar-refractivity contribution in [3.05, 3.63) is 10.7 Å². The molecule has 1 fully saturated rings. The van der Waals surface area contributed by atoms with E-state index in [1.807, 2.05) is 13.8 Å². The summed E-state index contributed by atoms with van der Waals surface area (Å²) in [6, 6.07) is 0. The van der Waals surface area contributed by atoms with Crippen molar-refractivity contribution in [1.82, 2.24) is 0 Å². The van der Waals surface area contributed by atoms with Gasteiger partial charge in [-0.3, -0.25) is 0 Å². The summed E-state index contributed by atoms with van der Waals surface area (Å²) in [5, 5.41) is 0.584. The second kappa shape index (κ2) is 5.59. The van der Waals surface area contributed by atoms with Crippen LogP contribution in [-0.4, -0.2) is 23.3 Å². The fourth-order valence-corrected chi connectivity index (χ4v) is 6.21. The van der Waals surface area contributed by atoms with Crippen molar-refractivity contribution < 1.29 is 13.9 Å². The van der Waals surface area contributed by atoms with Crippen molar-refractivity contribution in [2.45, 2.75) is 55.8 Å². The van der Waals surface area contributed by atoms with Gasteiger partial charge in [-0.25, -0.2) is 4.52 Å². The molecule has 6 heteroatoms. The highest BCUT2D eigenvalue weighted by Gasteiger charge is 2.48. The van der Waals surface area contributed by atoms with Gasteiger partial charge in [-0.15, -0.1) is 23.4 Å². The highest BCUT2D eigenvalue weighted by molar-refractivity contribution is 8.04. The summed E-state index contributed by atoms with van der Waals surface area (Å²) in [6.07, 6.45) is 4.61. The van der Waals surface area contributed by atoms with Crippen LogP contribution in [0.2, 0.25) is 0 Å². The number of hydrogen-bond donors (Lipinski definition) is 0. The van der Waals surface area contributed by atoms with E-state index in [9.17, 15) is 4.89 Å². The Morgan fingerprint density at radius 1 is 1.50 bits per heavy atom. The van der Waals surface area contributed by atoms with Crippen LogP contribution >= 0.6 is 31.3 Å². The van der Waals surface area contributed by atoms with Crippen molar-refractivity contribution in [3.63, 3.8) is 0 Å². The van der Waals surface area contributed by atoms with Gasteiger partial charge in [0.1, 0.15) is 11.4 Å². The van der Waals surface area contributed by atoms with Crippen LogP contribution in [0.1, 0.15) is 39.5 Å². The highest BCUT2D eigenvalue weighted by Crippen LogP contribution is 2.65. The molecule has 18 heavy (non-hydrogen) atoms. The molecule has 1 aliphatic carbocycles. The van der Waals surface area contributed by atoms with Crippen molar-refractivity contribution in [3.8, 4) is 0 Å². The molecule has 0 aromatic heterocycles. The van der Waals surface area contributed by atoms with Gasteiger partial charge >= 0.3 is 0 Å². The Balaban J connectivity index is 2.09. The van der Waals surface area contributed by atoms with E-state index in [0.29, 0.717) is 5.25 Å². The quantitative estimate of drug-likeness (QED) is 0.589. The topological polar surface area (TPSA) is 41.5 Å². The van der Waals surface area contributed by atoms with Gasteiger partial charge in [0.05, 0.1) is 12.0 Å². The Labute approximate surface area is 119 Å². The Morgan fingerprint density at radius 2 is 2.17 bits per heavy atom. The molecular weight excluding hydrogens is 291 g/mol. The lowest BCUT2D eigenvalue weighted by Crippen LogP contribution is -2.27. The predicted octanol–water partition coefficient (Wildman–Crippen LogP) is 3.69. The Hall–Kier alpha value is 0.690. The minimum absolute atomic E-state index is 0.197. The van der Waals surface area contributed by atoms with E-state index in [0.717, 1.165) is 17.7 Å². The molecule has 0 aromatic rings. The normalized spacial score (nSPS) is 39.7. The first-order valence-corrected chi connectivity index (χ1v) is 9.19. The number of thioether (sulfide) groups is 1. The summed E-state index contributed by atoms with van der Waals surface area (Å²) in [5.41, 5.74) is -0.537. The maximum atomic E-state index is 12.2. The fourth-order valence-electron chi connectivity index (χ4n) is 2.30. The third-order valence-electron chi connectivity index (χ3n) is 3.38. The first-order valence-electron chi connectivity index (χ1n) is 6.26. The van der Waals surface area contributed by atoms with E-state index in [-0.39, 0.29) is 5.38 Å². The Kier molecular flexibility index (Phi) is 4.69. The second-order valence-corrected chi connectivity index (χ2v) is 9.00. The summed E-state index contributed by atoms with van der Waals surface area (Å²) in [4.78, 5) is 13.2. The maximum absolute atomic E-state index is 12.2. The van der Waals surface area contributed by atoms with Crippen molar-refractivity contribution >= 4 is 31.3 Å². The lowest BCUT2D eigenvalue weighted by Gasteiger charge is -2.29. The third kappa shape index (κ3) is 3.23. The monoisotopic (exact) mass is 310 g/mol. The van der Waals surface area contributed by atoms with Gasteiger partial charge < -0.3 is 4.89 Å². The molecule has 3 atom stereocenters. The first kappa shape index (κ1) is 15.1. The summed E-state index contributed by atoms with van der Waals surface area (Å²) in [7, 11) is -1.62. The lowest BCUT2D eigenvalue weighted by atomic mass is 10.00. The molecule has 0 N–H and O–H groups in total. The van der Waals surface area contributed by atoms with Gasteiger partial charge in [0.25, 0.3) is 7.94 Å². The molecule has 1 heterocycles. The number of rotatable bonds is 3. The van der Waals surface area contributed by atoms with Crippen LogP contribution in [0.15, 0.2) is 10.7 Å². The average molecular weight is 311 g/mol. The predicted molar refractivity (Wildman–Crippen MR) is 76.7 cm³/mol. The van der Waals surface area contributed by atoms with Crippen molar-refractivity contribution in [2.75, 3.05) is 7.11 Å². The molecule has 0 radical (unpaired) electrons. The van der Waals surface area contributed by atoms with Crippen LogP contribution in [0.3, 0.4) is 0 Å². The zero-order valence-electron chi connectivity index (χ0n) is 11.0. The standard InChI is InChI=1S/C12H20ClO3PS/c1-12(2)11(8-17(14,15-3)16-12)18-10-7-5-4-6-9(10)13/h8-10H,4-7H2,1-3H3/t9-,10-,17?/m0/s1. The van der Waals surface area contributed by atoms with Crippen molar-refractivity contribution in [2.24, 2.45) is 0 Å². The largest absolute Gasteiger partial charge is 0.627 e. The molecule has 2 aliphatic rings. The fraction of sp³-hybridized carbons (Fsp3) is 0.833. The zero-order chi connectivity index (χ0) is 13.4. The average Bonchev–Trinajstić information content (AvgIpc) is 2.53. The van der Waals surface area contributed by atoms with Crippen LogP contribution < -0.4 is 4.89 Å². The smallest absolute Gasteiger partial charge is 0.265 e. The molecule has 2 rings (SSSR count). The van der Waals surface area contributed by atoms with E-state index in [2.05, 4.69) is 0 Å². The van der Waals surface area contributed by atoms with Gasteiger partial charge in [0.15, 0.2) is 0 Å². The minimum Gasteiger partial charge on any atom is -0.627 e. The van der Waals surface area contributed by atoms with Crippen molar-refractivity contribution in [1.29, 1.82) is 0 Å². The van der Waals surface area contributed by atoms with Crippen LogP contribution in [0.5, 0.6) is 0 Å². The molecule has 1 saturated carbocycles. The molecular formula is C12H20ClO3PS. The van der Waals surface area contributed by atoms with Gasteiger partial charge in [-0.05, 0) is 26.7 Å². The zero-order valence-corrected chi connectivity index (χ0v) is 13.5. The van der Waals surface area contributed by atoms with Crippen LogP contribution in [0.4, 0.5) is 0 Å². The van der Waals surface area contributed by atoms with Crippen LogP contribution in [0.25, 0.3) is 0 Å². The van der Waals surface area contributed by atoms with E-state index >= 15 is 0 Å². The van der Waals surface area contributed by atoms with Gasteiger partial charge in [-0.2, -0.15) is 4.52 Å². The van der Waals surface area contributed by atoms with E-state index in [4.69, 9.17) is 20.6 Å². The van der Waals surface area contributed by atoms with Gasteiger partial charge in [-0.1, -0.05) is 12.8 Å². The summed E-state index contributed by atoms with van der Waals surface area (Å²) >= 11 is 8.08. The molecule has 3 nitrogen and oxygen atoms in total. The first-order chi connectivity index (χ1) is 8.36. The minimum atomic E-state index is -3.04. The Morgan fingerprint density at radius 3 is 2.72 bits per heavy atom. The molecule has 0 bridgehead atoms. The third-order valence-corrected chi connectivity index (χ3v) is 7.75. The summed E-state index contributed by atoms with van der Waals surface area (Å²) < 4.78 is 10.5. The molecule has 0 aromatic carbocycles. The maximum Gasteiger partial charge on any atom is 0.265 e. The molecule has 1 unspecified atom stereocenters. The second-order valence-electron chi connectivity index (χ2n) is 5.27.